The third-order valence-electron chi connectivity index (χ3n) is 5.12. The standard InChI is InChI=1S/C22H28N4O2/c1-17(2)25-12-14-26(15-13-25)20-7-5-19(6-8-20)24-22(28)10-9-21(27)18-4-3-11-23-16-18/h3-8,11,16-17H,9-10,12-15H2,1-2H3,(H,24,28). The average Bonchev–Trinajstić information content (AvgIpc) is 2.73. The second-order valence-electron chi connectivity index (χ2n) is 7.38. The highest BCUT2D eigenvalue weighted by atomic mass is 16.2. The van der Waals surface area contributed by atoms with Crippen LogP contribution in [0.25, 0.3) is 0 Å². The zero-order valence-corrected chi connectivity index (χ0v) is 16.6. The lowest BCUT2D eigenvalue weighted by molar-refractivity contribution is -0.116. The van der Waals surface area contributed by atoms with Gasteiger partial charge in [0.1, 0.15) is 0 Å². The molecular weight excluding hydrogens is 352 g/mol. The molecule has 1 aliphatic rings. The highest BCUT2D eigenvalue weighted by Gasteiger charge is 2.19. The summed E-state index contributed by atoms with van der Waals surface area (Å²) in [7, 11) is 0. The van der Waals surface area contributed by atoms with Gasteiger partial charge in [-0.3, -0.25) is 19.5 Å². The molecule has 28 heavy (non-hydrogen) atoms. The Labute approximate surface area is 166 Å². The Bertz CT molecular complexity index is 782. The fraction of sp³-hybridized carbons (Fsp3) is 0.409. The summed E-state index contributed by atoms with van der Waals surface area (Å²) >= 11 is 0. The number of hydrogen-bond donors (Lipinski definition) is 1. The molecule has 0 bridgehead atoms. The third kappa shape index (κ3) is 5.39. The first kappa shape index (κ1) is 20.0. The van der Waals surface area contributed by atoms with E-state index >= 15 is 0 Å². The molecule has 0 radical (unpaired) electrons. The predicted octanol–water partition coefficient (Wildman–Crippen LogP) is 3.21. The van der Waals surface area contributed by atoms with E-state index in [2.05, 4.69) is 33.9 Å². The molecule has 1 N–H and O–H groups in total. The number of carbonyl (C=O) groups excluding carboxylic acids is 2. The molecule has 1 aromatic carbocycles. The second-order valence-corrected chi connectivity index (χ2v) is 7.38. The van der Waals surface area contributed by atoms with Gasteiger partial charge in [0.15, 0.2) is 5.78 Å². The van der Waals surface area contributed by atoms with E-state index in [0.717, 1.165) is 31.9 Å². The minimum atomic E-state index is -0.157. The van der Waals surface area contributed by atoms with Gasteiger partial charge in [0.2, 0.25) is 5.91 Å². The van der Waals surface area contributed by atoms with Crippen molar-refractivity contribution in [3.05, 3.63) is 54.4 Å². The van der Waals surface area contributed by atoms with Crippen LogP contribution in [0.2, 0.25) is 0 Å². The van der Waals surface area contributed by atoms with E-state index < -0.39 is 0 Å². The first-order chi connectivity index (χ1) is 13.5. The van der Waals surface area contributed by atoms with Crippen LogP contribution in [0.4, 0.5) is 11.4 Å². The second kappa shape index (κ2) is 9.46. The van der Waals surface area contributed by atoms with Crippen molar-refractivity contribution in [1.29, 1.82) is 0 Å². The number of nitrogens with one attached hydrogen (secondary N) is 1. The van der Waals surface area contributed by atoms with Gasteiger partial charge in [-0.15, -0.1) is 0 Å². The van der Waals surface area contributed by atoms with Crippen LogP contribution >= 0.6 is 0 Å². The lowest BCUT2D eigenvalue weighted by atomic mass is 10.1. The first-order valence-corrected chi connectivity index (χ1v) is 9.85. The molecule has 0 spiro atoms. The quantitative estimate of drug-likeness (QED) is 0.747. The van der Waals surface area contributed by atoms with Crippen molar-refractivity contribution in [2.24, 2.45) is 0 Å². The number of hydrogen-bond acceptors (Lipinski definition) is 5. The Morgan fingerprint density at radius 3 is 2.36 bits per heavy atom. The van der Waals surface area contributed by atoms with Gasteiger partial charge in [-0.25, -0.2) is 0 Å². The van der Waals surface area contributed by atoms with E-state index in [1.165, 1.54) is 11.9 Å². The summed E-state index contributed by atoms with van der Waals surface area (Å²) in [6.07, 6.45) is 3.49. The molecule has 148 valence electrons. The summed E-state index contributed by atoms with van der Waals surface area (Å²) in [4.78, 5) is 33.0. The van der Waals surface area contributed by atoms with Crippen molar-refractivity contribution in [3.63, 3.8) is 0 Å². The van der Waals surface area contributed by atoms with E-state index in [9.17, 15) is 9.59 Å². The largest absolute Gasteiger partial charge is 0.369 e. The molecule has 2 aromatic rings. The zero-order chi connectivity index (χ0) is 19.9. The van der Waals surface area contributed by atoms with E-state index in [0.29, 0.717) is 11.6 Å². The SMILES string of the molecule is CC(C)N1CCN(c2ccc(NC(=O)CCC(=O)c3cccnc3)cc2)CC1. The van der Waals surface area contributed by atoms with Gasteiger partial charge in [0.05, 0.1) is 0 Å². The Morgan fingerprint density at radius 2 is 1.75 bits per heavy atom. The number of piperazine rings is 1. The fourth-order valence-corrected chi connectivity index (χ4v) is 3.37. The van der Waals surface area contributed by atoms with Gasteiger partial charge >= 0.3 is 0 Å². The number of benzene rings is 1. The van der Waals surface area contributed by atoms with Crippen molar-refractivity contribution in [3.8, 4) is 0 Å². The number of rotatable bonds is 7. The molecule has 1 saturated heterocycles. The lowest BCUT2D eigenvalue weighted by Crippen LogP contribution is -2.48. The van der Waals surface area contributed by atoms with Crippen LogP contribution in [-0.4, -0.2) is 53.8 Å². The van der Waals surface area contributed by atoms with Crippen LogP contribution in [0.1, 0.15) is 37.0 Å². The van der Waals surface area contributed by atoms with Crippen LogP contribution in [-0.2, 0) is 4.79 Å². The summed E-state index contributed by atoms with van der Waals surface area (Å²) in [5.74, 6) is -0.227. The first-order valence-electron chi connectivity index (χ1n) is 9.85. The van der Waals surface area contributed by atoms with Crippen LogP contribution in [0.5, 0.6) is 0 Å². The van der Waals surface area contributed by atoms with E-state index in [1.807, 2.05) is 24.3 Å². The summed E-state index contributed by atoms with van der Waals surface area (Å²) in [5, 5.41) is 2.87. The molecule has 6 heteroatoms. The normalized spacial score (nSPS) is 14.9. The van der Waals surface area contributed by atoms with Gasteiger partial charge in [-0.1, -0.05) is 0 Å². The highest BCUT2D eigenvalue weighted by molar-refractivity contribution is 5.99. The van der Waals surface area contributed by atoms with Crippen LogP contribution in [0.3, 0.4) is 0 Å². The molecule has 0 unspecified atom stereocenters. The molecular formula is C22H28N4O2. The van der Waals surface area contributed by atoms with E-state index in [-0.39, 0.29) is 24.5 Å². The topological polar surface area (TPSA) is 65.5 Å². The Balaban J connectivity index is 1.46. The van der Waals surface area contributed by atoms with Crippen molar-refractivity contribution >= 4 is 23.1 Å². The molecule has 0 saturated carbocycles. The predicted molar refractivity (Wildman–Crippen MR) is 112 cm³/mol. The maximum atomic E-state index is 12.1. The van der Waals surface area contributed by atoms with Crippen molar-refractivity contribution in [1.82, 2.24) is 9.88 Å². The fourth-order valence-electron chi connectivity index (χ4n) is 3.37. The highest BCUT2D eigenvalue weighted by Crippen LogP contribution is 2.20. The molecule has 1 amide bonds. The van der Waals surface area contributed by atoms with E-state index in [1.54, 1.807) is 18.3 Å². The zero-order valence-electron chi connectivity index (χ0n) is 16.6. The van der Waals surface area contributed by atoms with Gasteiger partial charge in [0.25, 0.3) is 0 Å². The van der Waals surface area contributed by atoms with Crippen LogP contribution in [0, 0.1) is 0 Å². The minimum Gasteiger partial charge on any atom is -0.369 e. The van der Waals surface area contributed by atoms with Crippen LogP contribution < -0.4 is 10.2 Å². The summed E-state index contributed by atoms with van der Waals surface area (Å²) < 4.78 is 0. The third-order valence-corrected chi connectivity index (χ3v) is 5.12. The van der Waals surface area contributed by atoms with Crippen molar-refractivity contribution in [2.45, 2.75) is 32.7 Å². The number of Topliss-reactive ketones (excluding diaryl/α,β-unsaturated/α-hetero) is 1. The minimum absolute atomic E-state index is 0.0702. The number of ketones is 1. The lowest BCUT2D eigenvalue weighted by Gasteiger charge is -2.38. The van der Waals surface area contributed by atoms with Gasteiger partial charge < -0.3 is 10.2 Å². The molecule has 1 fully saturated rings. The van der Waals surface area contributed by atoms with Gasteiger partial charge in [-0.05, 0) is 50.2 Å². The van der Waals surface area contributed by atoms with Gasteiger partial charge in [-0.2, -0.15) is 0 Å². The monoisotopic (exact) mass is 380 g/mol. The molecule has 1 aromatic heterocycles. The molecule has 0 aliphatic carbocycles. The number of amides is 1. The number of aromatic nitrogens is 1. The number of nitrogens with zero attached hydrogens (tertiary/aromatic N) is 3. The summed E-state index contributed by atoms with van der Waals surface area (Å²) in [5.41, 5.74) is 2.47. The molecule has 6 nitrogen and oxygen atoms in total. The smallest absolute Gasteiger partial charge is 0.224 e. The maximum absolute atomic E-state index is 12.1. The van der Waals surface area contributed by atoms with Crippen molar-refractivity contribution < 1.29 is 9.59 Å². The average molecular weight is 380 g/mol. The number of anilines is 2. The number of carbonyl (C=O) groups is 2. The Morgan fingerprint density at radius 1 is 1.04 bits per heavy atom. The summed E-state index contributed by atoms with van der Waals surface area (Å²) in [6.45, 7) is 8.64. The molecule has 2 heterocycles. The molecule has 0 atom stereocenters. The van der Waals surface area contributed by atoms with Gasteiger partial charge in [0, 0.05) is 74.4 Å². The summed E-state index contributed by atoms with van der Waals surface area (Å²) in [6, 6.07) is 12.0. The van der Waals surface area contributed by atoms with Crippen LogP contribution in [0.15, 0.2) is 48.8 Å². The molecule has 3 rings (SSSR count). The maximum Gasteiger partial charge on any atom is 0.224 e. The van der Waals surface area contributed by atoms with E-state index in [4.69, 9.17) is 0 Å². The number of pyridine rings is 1. The molecule has 1 aliphatic heterocycles. The Hall–Kier alpha value is -2.73. The Kier molecular flexibility index (Phi) is 6.76. The van der Waals surface area contributed by atoms with Crippen molar-refractivity contribution in [2.75, 3.05) is 36.4 Å².